The van der Waals surface area contributed by atoms with Crippen molar-refractivity contribution in [2.45, 2.75) is 49.9 Å². The van der Waals surface area contributed by atoms with Crippen molar-refractivity contribution in [1.29, 1.82) is 0 Å². The number of amides is 4. The zero-order chi connectivity index (χ0) is 29.0. The van der Waals surface area contributed by atoms with Crippen LogP contribution in [-0.2, 0) is 4.79 Å². The monoisotopic (exact) mass is 557 g/mol. The van der Waals surface area contributed by atoms with Crippen molar-refractivity contribution in [1.82, 2.24) is 31.3 Å². The topological polar surface area (TPSA) is 118 Å². The molecule has 1 fully saturated rings. The summed E-state index contributed by atoms with van der Waals surface area (Å²) >= 11 is 0. The number of anilines is 1. The van der Waals surface area contributed by atoms with Gasteiger partial charge in [0.1, 0.15) is 6.17 Å². The fourth-order valence-electron chi connectivity index (χ4n) is 6.17. The largest absolute Gasteiger partial charge is 0.331 e. The van der Waals surface area contributed by atoms with Crippen molar-refractivity contribution in [2.75, 3.05) is 32.5 Å². The van der Waals surface area contributed by atoms with Crippen molar-refractivity contribution in [3.63, 3.8) is 0 Å². The molecule has 2 aromatic carbocycles. The number of nitrogens with one attached hydrogen (secondary N) is 5. The second-order valence-electron chi connectivity index (χ2n) is 11.2. The standard InChI is InChI=1S/C31H39N7O3/c1-4-26(39)32-23-15-13-22(14-16-23)29(40)34-28-24-19-38(31(27(24)35-36-28)17-9-6-10-18-31)30(41)33-25(20-37(2)3)21-11-7-5-8-12-21/h4-5,7-8,11-16,25,28,35-36H,1,6,9-10,17-20H2,2-3H3,(H,32,39)(H,33,41)(H,34,40)/t25-,28?/m1/s1. The van der Waals surface area contributed by atoms with Gasteiger partial charge in [0.25, 0.3) is 5.91 Å². The van der Waals surface area contributed by atoms with E-state index < -0.39 is 11.7 Å². The molecule has 2 aliphatic heterocycles. The molecule has 10 heteroatoms. The van der Waals surface area contributed by atoms with Crippen molar-refractivity contribution >= 4 is 23.5 Å². The summed E-state index contributed by atoms with van der Waals surface area (Å²) in [6.07, 6.45) is 5.69. The van der Waals surface area contributed by atoms with Crippen LogP contribution in [0.15, 0.2) is 78.5 Å². The molecular formula is C31H39N7O3. The first-order chi connectivity index (χ1) is 19.8. The second-order valence-corrected chi connectivity index (χ2v) is 11.2. The van der Waals surface area contributed by atoms with E-state index in [2.05, 4.69) is 38.3 Å². The van der Waals surface area contributed by atoms with Gasteiger partial charge < -0.3 is 31.2 Å². The summed E-state index contributed by atoms with van der Waals surface area (Å²) in [7, 11) is 4.01. The number of benzene rings is 2. The SMILES string of the molecule is C=CC(=O)Nc1ccc(C(=O)NC2NNC3=C2CN(C(=O)N[C@H](CN(C)C)c2ccccc2)C32CCCCC2)cc1. The van der Waals surface area contributed by atoms with Crippen LogP contribution in [0.25, 0.3) is 0 Å². The molecule has 0 radical (unpaired) electrons. The minimum absolute atomic E-state index is 0.0963. The third-order valence-electron chi connectivity index (χ3n) is 8.17. The molecule has 5 rings (SSSR count). The first kappa shape index (κ1) is 28.4. The van der Waals surface area contributed by atoms with Crippen LogP contribution in [0.4, 0.5) is 10.5 Å². The maximum absolute atomic E-state index is 14.0. The summed E-state index contributed by atoms with van der Waals surface area (Å²) in [5.74, 6) is -0.568. The summed E-state index contributed by atoms with van der Waals surface area (Å²) in [5, 5.41) is 9.07. The highest BCUT2D eigenvalue weighted by Gasteiger charge is 2.53. The molecule has 0 aromatic heterocycles. The first-order valence-electron chi connectivity index (χ1n) is 14.2. The van der Waals surface area contributed by atoms with Gasteiger partial charge in [0.05, 0.1) is 17.3 Å². The fraction of sp³-hybridized carbons (Fsp3) is 0.387. The van der Waals surface area contributed by atoms with Crippen LogP contribution in [-0.4, -0.2) is 66.5 Å². The van der Waals surface area contributed by atoms with E-state index in [-0.39, 0.29) is 23.9 Å². The van der Waals surface area contributed by atoms with Crippen molar-refractivity contribution in [2.24, 2.45) is 0 Å². The van der Waals surface area contributed by atoms with E-state index in [9.17, 15) is 14.4 Å². The summed E-state index contributed by atoms with van der Waals surface area (Å²) in [5.41, 5.74) is 10.2. The average Bonchev–Trinajstić information content (AvgIpc) is 3.52. The van der Waals surface area contributed by atoms with Gasteiger partial charge in [-0.05, 0) is 62.8 Å². The molecule has 2 heterocycles. The summed E-state index contributed by atoms with van der Waals surface area (Å²) in [6, 6.07) is 16.5. The molecule has 216 valence electrons. The molecule has 41 heavy (non-hydrogen) atoms. The van der Waals surface area contributed by atoms with Gasteiger partial charge in [0.2, 0.25) is 5.91 Å². The lowest BCUT2D eigenvalue weighted by atomic mass is 9.79. The number of hydrazine groups is 1. The van der Waals surface area contributed by atoms with Gasteiger partial charge in [-0.3, -0.25) is 9.59 Å². The molecule has 10 nitrogen and oxygen atoms in total. The lowest BCUT2D eigenvalue weighted by molar-refractivity contribution is -0.111. The average molecular weight is 558 g/mol. The van der Waals surface area contributed by atoms with E-state index >= 15 is 0 Å². The molecule has 2 atom stereocenters. The number of fused-ring (bicyclic) bond motifs is 1. The van der Waals surface area contributed by atoms with E-state index in [1.165, 1.54) is 6.08 Å². The molecule has 3 aliphatic rings. The predicted octanol–water partition coefficient (Wildman–Crippen LogP) is 3.26. The van der Waals surface area contributed by atoms with Gasteiger partial charge in [-0.15, -0.1) is 0 Å². The summed E-state index contributed by atoms with van der Waals surface area (Å²) in [4.78, 5) is 42.8. The van der Waals surface area contributed by atoms with E-state index in [1.54, 1.807) is 24.3 Å². The number of nitrogens with zero attached hydrogens (tertiary/aromatic N) is 2. The van der Waals surface area contributed by atoms with Crippen LogP contribution in [0.5, 0.6) is 0 Å². The predicted molar refractivity (Wildman–Crippen MR) is 159 cm³/mol. The third-order valence-corrected chi connectivity index (χ3v) is 8.17. The van der Waals surface area contributed by atoms with Crippen LogP contribution in [0.2, 0.25) is 0 Å². The Morgan fingerprint density at radius 1 is 1.07 bits per heavy atom. The number of hydrogen-bond acceptors (Lipinski definition) is 6. The van der Waals surface area contributed by atoms with Crippen LogP contribution >= 0.6 is 0 Å². The van der Waals surface area contributed by atoms with E-state index in [4.69, 9.17) is 0 Å². The number of urea groups is 1. The first-order valence-corrected chi connectivity index (χ1v) is 14.2. The minimum atomic E-state index is -0.457. The molecule has 1 unspecified atom stereocenters. The van der Waals surface area contributed by atoms with Crippen LogP contribution in [0.1, 0.15) is 54.1 Å². The molecule has 1 spiro atoms. The Labute approximate surface area is 241 Å². The quantitative estimate of drug-likeness (QED) is 0.318. The van der Waals surface area contributed by atoms with E-state index in [0.29, 0.717) is 24.3 Å². The zero-order valence-electron chi connectivity index (χ0n) is 23.7. The molecule has 1 aliphatic carbocycles. The maximum Gasteiger partial charge on any atom is 0.319 e. The summed E-state index contributed by atoms with van der Waals surface area (Å²) in [6.45, 7) is 4.55. The zero-order valence-corrected chi connectivity index (χ0v) is 23.7. The van der Waals surface area contributed by atoms with Crippen LogP contribution in [0.3, 0.4) is 0 Å². The Bertz CT molecular complexity index is 1320. The highest BCUT2D eigenvalue weighted by Crippen LogP contribution is 2.46. The molecule has 1 saturated carbocycles. The Hall–Kier alpha value is -4.15. The van der Waals surface area contributed by atoms with Crippen LogP contribution in [0, 0.1) is 0 Å². The van der Waals surface area contributed by atoms with E-state index in [0.717, 1.165) is 48.9 Å². The Balaban J connectivity index is 1.33. The lowest BCUT2D eigenvalue weighted by Crippen LogP contribution is -2.59. The Morgan fingerprint density at radius 3 is 2.44 bits per heavy atom. The number of carbonyl (C=O) groups excluding carboxylic acids is 3. The van der Waals surface area contributed by atoms with Crippen LogP contribution < -0.4 is 26.8 Å². The maximum atomic E-state index is 14.0. The molecule has 0 bridgehead atoms. The highest BCUT2D eigenvalue weighted by molar-refractivity contribution is 6.00. The van der Waals surface area contributed by atoms with Gasteiger partial charge >= 0.3 is 6.03 Å². The molecular weight excluding hydrogens is 518 g/mol. The van der Waals surface area contributed by atoms with Gasteiger partial charge in [-0.2, -0.15) is 0 Å². The molecule has 4 amide bonds. The van der Waals surface area contributed by atoms with Gasteiger partial charge in [-0.25, -0.2) is 10.2 Å². The van der Waals surface area contributed by atoms with Gasteiger partial charge in [-0.1, -0.05) is 56.2 Å². The number of likely N-dealkylation sites (N-methyl/N-ethyl adjacent to an activating group) is 1. The number of carbonyl (C=O) groups is 3. The minimum Gasteiger partial charge on any atom is -0.331 e. The van der Waals surface area contributed by atoms with Gasteiger partial charge in [0, 0.05) is 29.9 Å². The smallest absolute Gasteiger partial charge is 0.319 e. The summed E-state index contributed by atoms with van der Waals surface area (Å²) < 4.78 is 0. The highest BCUT2D eigenvalue weighted by atomic mass is 16.2. The normalized spacial score (nSPS) is 19.9. The third kappa shape index (κ3) is 5.98. The Kier molecular flexibility index (Phi) is 8.41. The van der Waals surface area contributed by atoms with Gasteiger partial charge in [0.15, 0.2) is 0 Å². The van der Waals surface area contributed by atoms with E-state index in [1.807, 2.05) is 49.3 Å². The fourth-order valence-corrected chi connectivity index (χ4v) is 6.17. The van der Waals surface area contributed by atoms with Crippen molar-refractivity contribution < 1.29 is 14.4 Å². The van der Waals surface area contributed by atoms with Crippen molar-refractivity contribution in [3.05, 3.63) is 89.6 Å². The second kappa shape index (κ2) is 12.2. The van der Waals surface area contributed by atoms with Crippen molar-refractivity contribution in [3.8, 4) is 0 Å². The number of hydrogen-bond donors (Lipinski definition) is 5. The molecule has 5 N–H and O–H groups in total. The molecule has 0 saturated heterocycles. The molecule has 2 aromatic rings. The number of rotatable bonds is 8. The lowest BCUT2D eigenvalue weighted by Gasteiger charge is -2.44. The Morgan fingerprint density at radius 2 is 1.78 bits per heavy atom.